The average molecular weight is 493 g/mol. The standard InChI is InChI=1S/C24H36N4O5S/c29-23(27-15-17-33-18-16-27)7-8-24(30)28-13-9-20-19-21(5-6-22(20)28)34(31,32)25-10-14-26-11-3-1-2-4-12-26/h5-6,19,25H,1-4,7-18H2. The minimum absolute atomic E-state index is 0.0243. The van der Waals surface area contributed by atoms with Crippen molar-refractivity contribution in [1.82, 2.24) is 14.5 Å². The number of anilines is 1. The monoisotopic (exact) mass is 492 g/mol. The highest BCUT2D eigenvalue weighted by Crippen LogP contribution is 2.31. The smallest absolute Gasteiger partial charge is 0.240 e. The molecule has 0 bridgehead atoms. The van der Waals surface area contributed by atoms with Crippen molar-refractivity contribution in [2.24, 2.45) is 0 Å². The summed E-state index contributed by atoms with van der Waals surface area (Å²) in [6.45, 7) is 5.90. The number of ether oxygens (including phenoxy) is 1. The molecule has 2 saturated heterocycles. The van der Waals surface area contributed by atoms with Gasteiger partial charge in [0.15, 0.2) is 0 Å². The van der Waals surface area contributed by atoms with Gasteiger partial charge >= 0.3 is 0 Å². The van der Waals surface area contributed by atoms with Crippen molar-refractivity contribution >= 4 is 27.5 Å². The number of nitrogens with one attached hydrogen (secondary N) is 1. The lowest BCUT2D eigenvalue weighted by Gasteiger charge is -2.27. The van der Waals surface area contributed by atoms with Gasteiger partial charge in [0.1, 0.15) is 0 Å². The number of carbonyl (C=O) groups excluding carboxylic acids is 2. The Hall–Kier alpha value is -2.01. The summed E-state index contributed by atoms with van der Waals surface area (Å²) >= 11 is 0. The van der Waals surface area contributed by atoms with E-state index in [2.05, 4.69) is 9.62 Å². The molecule has 9 nitrogen and oxygen atoms in total. The Morgan fingerprint density at radius 1 is 0.912 bits per heavy atom. The van der Waals surface area contributed by atoms with Crippen molar-refractivity contribution in [2.75, 3.05) is 63.9 Å². The number of carbonyl (C=O) groups is 2. The molecule has 1 aromatic rings. The fraction of sp³-hybridized carbons (Fsp3) is 0.667. The molecule has 1 N–H and O–H groups in total. The van der Waals surface area contributed by atoms with E-state index in [1.165, 1.54) is 25.7 Å². The molecule has 10 heteroatoms. The Morgan fingerprint density at radius 3 is 2.35 bits per heavy atom. The fourth-order valence-electron chi connectivity index (χ4n) is 4.91. The molecular formula is C24H36N4O5S. The lowest BCUT2D eigenvalue weighted by molar-refractivity contribution is -0.136. The normalized spacial score (nSPS) is 19.6. The number of benzene rings is 1. The maximum Gasteiger partial charge on any atom is 0.240 e. The highest BCUT2D eigenvalue weighted by molar-refractivity contribution is 7.89. The van der Waals surface area contributed by atoms with Crippen LogP contribution in [0.1, 0.15) is 44.1 Å². The number of likely N-dealkylation sites (tertiary alicyclic amines) is 1. The van der Waals surface area contributed by atoms with Gasteiger partial charge in [-0.3, -0.25) is 9.59 Å². The predicted octanol–water partition coefficient (Wildman–Crippen LogP) is 1.37. The second-order valence-corrected chi connectivity index (χ2v) is 11.0. The van der Waals surface area contributed by atoms with Crippen molar-refractivity contribution in [3.05, 3.63) is 23.8 Å². The number of fused-ring (bicyclic) bond motifs is 1. The molecule has 2 amide bonds. The lowest BCUT2D eigenvalue weighted by atomic mass is 10.2. The molecule has 3 aliphatic rings. The predicted molar refractivity (Wildman–Crippen MR) is 129 cm³/mol. The summed E-state index contributed by atoms with van der Waals surface area (Å²) in [5.41, 5.74) is 1.59. The van der Waals surface area contributed by atoms with Gasteiger partial charge in [-0.2, -0.15) is 0 Å². The molecule has 0 spiro atoms. The topological polar surface area (TPSA) is 99.3 Å². The molecule has 0 unspecified atom stereocenters. The van der Waals surface area contributed by atoms with Crippen LogP contribution in [0, 0.1) is 0 Å². The van der Waals surface area contributed by atoms with Crippen LogP contribution in [0.2, 0.25) is 0 Å². The molecule has 2 fully saturated rings. The van der Waals surface area contributed by atoms with E-state index in [1.807, 2.05) is 0 Å². The molecule has 188 valence electrons. The van der Waals surface area contributed by atoms with Crippen LogP contribution in [-0.4, -0.2) is 89.1 Å². The first-order valence-electron chi connectivity index (χ1n) is 12.4. The molecule has 0 radical (unpaired) electrons. The second kappa shape index (κ2) is 11.6. The van der Waals surface area contributed by atoms with Crippen LogP contribution in [0.3, 0.4) is 0 Å². The molecule has 34 heavy (non-hydrogen) atoms. The van der Waals surface area contributed by atoms with E-state index >= 15 is 0 Å². The molecule has 1 aromatic carbocycles. The van der Waals surface area contributed by atoms with E-state index in [1.54, 1.807) is 28.0 Å². The Kier molecular flexibility index (Phi) is 8.57. The van der Waals surface area contributed by atoms with Gasteiger partial charge in [0.2, 0.25) is 21.8 Å². The maximum absolute atomic E-state index is 12.8. The number of hydrogen-bond donors (Lipinski definition) is 1. The van der Waals surface area contributed by atoms with Crippen molar-refractivity contribution < 1.29 is 22.7 Å². The Labute approximate surface area is 202 Å². The van der Waals surface area contributed by atoms with Crippen molar-refractivity contribution in [3.8, 4) is 0 Å². The van der Waals surface area contributed by atoms with Crippen molar-refractivity contribution in [3.63, 3.8) is 0 Å². The van der Waals surface area contributed by atoms with E-state index < -0.39 is 10.0 Å². The highest BCUT2D eigenvalue weighted by Gasteiger charge is 2.27. The number of sulfonamides is 1. The summed E-state index contributed by atoms with van der Waals surface area (Å²) in [6.07, 6.45) is 5.78. The lowest BCUT2D eigenvalue weighted by Crippen LogP contribution is -2.41. The Balaban J connectivity index is 1.30. The highest BCUT2D eigenvalue weighted by atomic mass is 32.2. The molecule has 0 saturated carbocycles. The first-order chi connectivity index (χ1) is 16.4. The number of nitrogens with zero attached hydrogens (tertiary/aromatic N) is 3. The van der Waals surface area contributed by atoms with Gasteiger partial charge in [0.25, 0.3) is 0 Å². The summed E-state index contributed by atoms with van der Waals surface area (Å²) < 4.78 is 33.6. The average Bonchev–Trinajstić information content (AvgIpc) is 3.10. The molecule has 0 aromatic heterocycles. The third kappa shape index (κ3) is 6.35. The van der Waals surface area contributed by atoms with Crippen molar-refractivity contribution in [2.45, 2.75) is 49.8 Å². The Morgan fingerprint density at radius 2 is 1.62 bits per heavy atom. The van der Waals surface area contributed by atoms with E-state index in [9.17, 15) is 18.0 Å². The Bertz CT molecular complexity index is 970. The zero-order valence-corrected chi connectivity index (χ0v) is 20.7. The van der Waals surface area contributed by atoms with E-state index in [4.69, 9.17) is 4.74 Å². The minimum Gasteiger partial charge on any atom is -0.378 e. The third-order valence-electron chi connectivity index (χ3n) is 6.89. The summed E-state index contributed by atoms with van der Waals surface area (Å²) in [6, 6.07) is 4.96. The SMILES string of the molecule is O=C(CCC(=O)N1CCc2cc(S(=O)(=O)NCCN3CCCCCC3)ccc21)N1CCOCC1. The molecule has 4 rings (SSSR count). The van der Waals surface area contributed by atoms with E-state index in [-0.39, 0.29) is 29.6 Å². The van der Waals surface area contributed by atoms with Gasteiger partial charge in [-0.25, -0.2) is 13.1 Å². The molecule has 3 heterocycles. The number of morpholine rings is 1. The van der Waals surface area contributed by atoms with Crippen LogP contribution >= 0.6 is 0 Å². The number of amides is 2. The summed E-state index contributed by atoms with van der Waals surface area (Å²) in [7, 11) is -3.60. The fourth-order valence-corrected chi connectivity index (χ4v) is 5.98. The van der Waals surface area contributed by atoms with Crippen LogP contribution in [0.15, 0.2) is 23.1 Å². The first kappa shape index (κ1) is 25.1. The zero-order chi connectivity index (χ0) is 24.0. The van der Waals surface area contributed by atoms with Crippen LogP contribution < -0.4 is 9.62 Å². The van der Waals surface area contributed by atoms with Gasteiger partial charge in [-0.05, 0) is 56.1 Å². The summed E-state index contributed by atoms with van der Waals surface area (Å²) in [4.78, 5) is 31.1. The summed E-state index contributed by atoms with van der Waals surface area (Å²) in [5, 5.41) is 0. The zero-order valence-electron chi connectivity index (χ0n) is 19.8. The minimum atomic E-state index is -3.60. The molecule has 0 atom stereocenters. The molecule has 0 aliphatic carbocycles. The number of hydrogen-bond acceptors (Lipinski definition) is 6. The molecular weight excluding hydrogens is 456 g/mol. The van der Waals surface area contributed by atoms with Crippen LogP contribution in [0.5, 0.6) is 0 Å². The second-order valence-electron chi connectivity index (χ2n) is 9.23. The van der Waals surface area contributed by atoms with Gasteiger partial charge in [-0.1, -0.05) is 12.8 Å². The quantitative estimate of drug-likeness (QED) is 0.589. The third-order valence-corrected chi connectivity index (χ3v) is 8.35. The van der Waals surface area contributed by atoms with Gasteiger partial charge in [0, 0.05) is 51.3 Å². The number of rotatable bonds is 8. The van der Waals surface area contributed by atoms with E-state index in [0.29, 0.717) is 45.8 Å². The van der Waals surface area contributed by atoms with Crippen molar-refractivity contribution in [1.29, 1.82) is 0 Å². The van der Waals surface area contributed by atoms with Gasteiger partial charge in [0.05, 0.1) is 18.1 Å². The maximum atomic E-state index is 12.8. The van der Waals surface area contributed by atoms with Gasteiger partial charge in [-0.15, -0.1) is 0 Å². The first-order valence-corrected chi connectivity index (χ1v) is 13.9. The largest absolute Gasteiger partial charge is 0.378 e. The summed E-state index contributed by atoms with van der Waals surface area (Å²) in [5.74, 6) is -0.129. The van der Waals surface area contributed by atoms with Crippen LogP contribution in [-0.2, 0) is 30.8 Å². The van der Waals surface area contributed by atoms with Gasteiger partial charge < -0.3 is 19.4 Å². The van der Waals surface area contributed by atoms with Crippen LogP contribution in [0.4, 0.5) is 5.69 Å². The van der Waals surface area contributed by atoms with E-state index in [0.717, 1.165) is 30.9 Å². The van der Waals surface area contributed by atoms with Crippen LogP contribution in [0.25, 0.3) is 0 Å². The molecule has 3 aliphatic heterocycles.